The van der Waals surface area contributed by atoms with Crippen LogP contribution < -0.4 is 5.56 Å². The highest BCUT2D eigenvalue weighted by atomic mass is 79.9. The van der Waals surface area contributed by atoms with Crippen LogP contribution in [-0.2, 0) is 10.3 Å². The van der Waals surface area contributed by atoms with Crippen LogP contribution in [0.5, 0.6) is 0 Å². The molecule has 0 bridgehead atoms. The molecule has 1 heterocycles. The second-order valence-corrected chi connectivity index (χ2v) is 4.52. The number of nitrogens with zero attached hydrogens (tertiary/aromatic N) is 1. The normalized spacial score (nSPS) is 11.4. The molecule has 1 N–H and O–H groups in total. The SMILES string of the molecule is CCC(CC)(C(=O)O)n1cc(Br)ccc1=O. The minimum atomic E-state index is -1.15. The minimum Gasteiger partial charge on any atom is -0.479 e. The number of carboxylic acid groups (broad SMARTS) is 1. The fourth-order valence-electron chi connectivity index (χ4n) is 1.79. The van der Waals surface area contributed by atoms with E-state index >= 15 is 0 Å². The van der Waals surface area contributed by atoms with E-state index in [0.717, 1.165) is 0 Å². The van der Waals surface area contributed by atoms with E-state index < -0.39 is 11.5 Å². The molecule has 0 saturated carbocycles. The Morgan fingerprint density at radius 1 is 1.44 bits per heavy atom. The maximum atomic E-state index is 11.7. The van der Waals surface area contributed by atoms with Crippen LogP contribution in [-0.4, -0.2) is 15.6 Å². The van der Waals surface area contributed by atoms with Gasteiger partial charge in [-0.1, -0.05) is 13.8 Å². The van der Waals surface area contributed by atoms with Gasteiger partial charge in [-0.15, -0.1) is 0 Å². The molecule has 0 atom stereocenters. The van der Waals surface area contributed by atoms with E-state index in [0.29, 0.717) is 17.3 Å². The first kappa shape index (κ1) is 13.0. The summed E-state index contributed by atoms with van der Waals surface area (Å²) in [5.74, 6) is -0.974. The summed E-state index contributed by atoms with van der Waals surface area (Å²) in [6.45, 7) is 3.54. The maximum Gasteiger partial charge on any atom is 0.329 e. The van der Waals surface area contributed by atoms with Crippen LogP contribution in [0.1, 0.15) is 26.7 Å². The summed E-state index contributed by atoms with van der Waals surface area (Å²) in [4.78, 5) is 23.1. The molecule has 0 fully saturated rings. The molecule has 4 nitrogen and oxygen atoms in total. The average molecular weight is 288 g/mol. The Hall–Kier alpha value is -1.10. The van der Waals surface area contributed by atoms with Gasteiger partial charge < -0.3 is 5.11 Å². The Bertz CT molecular complexity index is 449. The molecule has 0 unspecified atom stereocenters. The van der Waals surface area contributed by atoms with Crippen molar-refractivity contribution in [3.8, 4) is 0 Å². The Morgan fingerprint density at radius 3 is 2.44 bits per heavy atom. The zero-order valence-electron chi connectivity index (χ0n) is 9.24. The molecule has 0 aromatic carbocycles. The summed E-state index contributed by atoms with van der Waals surface area (Å²) in [5, 5.41) is 9.32. The highest BCUT2D eigenvalue weighted by molar-refractivity contribution is 9.10. The van der Waals surface area contributed by atoms with Crippen molar-refractivity contribution >= 4 is 21.9 Å². The molecule has 1 aromatic heterocycles. The van der Waals surface area contributed by atoms with Crippen LogP contribution >= 0.6 is 15.9 Å². The fourth-order valence-corrected chi connectivity index (χ4v) is 2.13. The van der Waals surface area contributed by atoms with Gasteiger partial charge in [-0.05, 0) is 34.8 Å². The van der Waals surface area contributed by atoms with Crippen LogP contribution in [0.3, 0.4) is 0 Å². The van der Waals surface area contributed by atoms with Crippen molar-refractivity contribution in [1.82, 2.24) is 4.57 Å². The van der Waals surface area contributed by atoms with E-state index in [1.165, 1.54) is 16.8 Å². The Kier molecular flexibility index (Phi) is 3.91. The molecule has 0 aliphatic carbocycles. The average Bonchev–Trinajstić information content (AvgIpc) is 2.25. The Balaban J connectivity index is 3.48. The number of rotatable bonds is 4. The van der Waals surface area contributed by atoms with Crippen molar-refractivity contribution in [2.24, 2.45) is 0 Å². The van der Waals surface area contributed by atoms with Crippen LogP contribution in [0, 0.1) is 0 Å². The molecular formula is C11H14BrNO3. The number of pyridine rings is 1. The molecule has 88 valence electrons. The highest BCUT2D eigenvalue weighted by Crippen LogP contribution is 2.25. The maximum absolute atomic E-state index is 11.7. The second-order valence-electron chi connectivity index (χ2n) is 3.60. The van der Waals surface area contributed by atoms with Crippen molar-refractivity contribution in [1.29, 1.82) is 0 Å². The first-order valence-corrected chi connectivity index (χ1v) is 5.89. The topological polar surface area (TPSA) is 59.3 Å². The number of aromatic nitrogens is 1. The van der Waals surface area contributed by atoms with E-state index in [9.17, 15) is 14.7 Å². The van der Waals surface area contributed by atoms with Crippen LogP contribution in [0.25, 0.3) is 0 Å². The summed E-state index contributed by atoms with van der Waals surface area (Å²) >= 11 is 3.24. The van der Waals surface area contributed by atoms with Crippen molar-refractivity contribution < 1.29 is 9.90 Å². The van der Waals surface area contributed by atoms with Crippen molar-refractivity contribution in [3.05, 3.63) is 33.2 Å². The van der Waals surface area contributed by atoms with Crippen molar-refractivity contribution in [2.45, 2.75) is 32.2 Å². The third-order valence-corrected chi connectivity index (χ3v) is 3.37. The molecular weight excluding hydrogens is 274 g/mol. The van der Waals surface area contributed by atoms with E-state index in [-0.39, 0.29) is 5.56 Å². The summed E-state index contributed by atoms with van der Waals surface area (Å²) < 4.78 is 1.99. The molecule has 0 saturated heterocycles. The molecule has 0 amide bonds. The predicted octanol–water partition coefficient (Wildman–Crippen LogP) is 2.21. The summed E-state index contributed by atoms with van der Waals surface area (Å²) in [6.07, 6.45) is 2.27. The van der Waals surface area contributed by atoms with Gasteiger partial charge in [0.1, 0.15) is 5.54 Å². The third kappa shape index (κ3) is 2.04. The number of carbonyl (C=O) groups is 1. The number of halogens is 1. The van der Waals surface area contributed by atoms with Gasteiger partial charge in [0.05, 0.1) is 0 Å². The highest BCUT2D eigenvalue weighted by Gasteiger charge is 2.37. The summed E-state index contributed by atoms with van der Waals surface area (Å²) in [5.41, 5.74) is -1.45. The van der Waals surface area contributed by atoms with Gasteiger partial charge in [-0.25, -0.2) is 4.79 Å². The van der Waals surface area contributed by atoms with E-state index in [1.54, 1.807) is 19.9 Å². The minimum absolute atomic E-state index is 0.297. The van der Waals surface area contributed by atoms with Crippen LogP contribution in [0.2, 0.25) is 0 Å². The van der Waals surface area contributed by atoms with E-state index in [1.807, 2.05) is 0 Å². The zero-order valence-corrected chi connectivity index (χ0v) is 10.8. The van der Waals surface area contributed by atoms with E-state index in [2.05, 4.69) is 15.9 Å². The standard InChI is InChI=1S/C11H14BrNO3/c1-3-11(4-2,10(15)16)13-7-8(12)5-6-9(13)14/h5-7H,3-4H2,1-2H3,(H,15,16). The van der Waals surface area contributed by atoms with E-state index in [4.69, 9.17) is 0 Å². The summed E-state index contributed by atoms with van der Waals surface area (Å²) in [6, 6.07) is 2.98. The van der Waals surface area contributed by atoms with Crippen LogP contribution in [0.4, 0.5) is 0 Å². The predicted molar refractivity (Wildman–Crippen MR) is 64.6 cm³/mol. The monoisotopic (exact) mass is 287 g/mol. The molecule has 0 aliphatic rings. The van der Waals surface area contributed by atoms with Gasteiger partial charge in [-0.3, -0.25) is 9.36 Å². The fraction of sp³-hybridized carbons (Fsp3) is 0.455. The molecule has 0 spiro atoms. The van der Waals surface area contributed by atoms with Crippen molar-refractivity contribution in [3.63, 3.8) is 0 Å². The molecule has 0 radical (unpaired) electrons. The number of carboxylic acids is 1. The lowest BCUT2D eigenvalue weighted by Gasteiger charge is -2.29. The molecule has 1 aromatic rings. The molecule has 5 heteroatoms. The summed E-state index contributed by atoms with van der Waals surface area (Å²) in [7, 11) is 0. The largest absolute Gasteiger partial charge is 0.479 e. The second kappa shape index (κ2) is 4.82. The van der Waals surface area contributed by atoms with Crippen LogP contribution in [0.15, 0.2) is 27.6 Å². The number of hydrogen-bond acceptors (Lipinski definition) is 2. The lowest BCUT2D eigenvalue weighted by atomic mass is 9.92. The number of aliphatic carboxylic acids is 1. The van der Waals surface area contributed by atoms with Crippen molar-refractivity contribution in [2.75, 3.05) is 0 Å². The van der Waals surface area contributed by atoms with Gasteiger partial charge in [0.2, 0.25) is 0 Å². The van der Waals surface area contributed by atoms with Gasteiger partial charge in [0, 0.05) is 16.7 Å². The zero-order chi connectivity index (χ0) is 12.3. The lowest BCUT2D eigenvalue weighted by Crippen LogP contribution is -2.46. The van der Waals surface area contributed by atoms with Gasteiger partial charge >= 0.3 is 5.97 Å². The first-order chi connectivity index (χ1) is 7.47. The first-order valence-electron chi connectivity index (χ1n) is 5.10. The third-order valence-electron chi connectivity index (χ3n) is 2.90. The molecule has 0 aliphatic heterocycles. The lowest BCUT2D eigenvalue weighted by molar-refractivity contribution is -0.148. The van der Waals surface area contributed by atoms with Gasteiger partial charge in [-0.2, -0.15) is 0 Å². The number of hydrogen-bond donors (Lipinski definition) is 1. The molecule has 16 heavy (non-hydrogen) atoms. The smallest absolute Gasteiger partial charge is 0.329 e. The van der Waals surface area contributed by atoms with Gasteiger partial charge in [0.15, 0.2) is 0 Å². The van der Waals surface area contributed by atoms with Gasteiger partial charge in [0.25, 0.3) is 5.56 Å². The molecule has 1 rings (SSSR count). The Morgan fingerprint density at radius 2 is 2.00 bits per heavy atom. The Labute approximate surface area is 102 Å². The quantitative estimate of drug-likeness (QED) is 0.924.